The van der Waals surface area contributed by atoms with E-state index in [1.807, 2.05) is 30.3 Å². The van der Waals surface area contributed by atoms with E-state index in [9.17, 15) is 9.59 Å². The fraction of sp³-hybridized carbons (Fsp3) is 0.412. The Morgan fingerprint density at radius 2 is 2.09 bits per heavy atom. The van der Waals surface area contributed by atoms with Gasteiger partial charge >= 0.3 is 5.97 Å². The van der Waals surface area contributed by atoms with Crippen LogP contribution in [0.1, 0.15) is 18.9 Å². The molecular weight excluding hydrogens is 282 g/mol. The summed E-state index contributed by atoms with van der Waals surface area (Å²) < 4.78 is 11.3. The Bertz CT molecular complexity index is 584. The maximum Gasteiger partial charge on any atom is 0.302 e. The van der Waals surface area contributed by atoms with Gasteiger partial charge in [-0.05, 0) is 11.6 Å². The Morgan fingerprint density at radius 1 is 1.32 bits per heavy atom. The van der Waals surface area contributed by atoms with Crippen LogP contribution < -0.4 is 0 Å². The first-order valence-corrected chi connectivity index (χ1v) is 7.46. The number of ether oxygens (including phenoxy) is 2. The maximum absolute atomic E-state index is 12.0. The van der Waals surface area contributed by atoms with Gasteiger partial charge in [-0.15, -0.1) is 0 Å². The molecule has 0 radical (unpaired) electrons. The number of carbonyl (C=O) groups is 2. The van der Waals surface area contributed by atoms with Crippen molar-refractivity contribution in [1.29, 1.82) is 0 Å². The van der Waals surface area contributed by atoms with Gasteiger partial charge in [-0.3, -0.25) is 9.59 Å². The molecule has 1 amide bonds. The van der Waals surface area contributed by atoms with Crippen molar-refractivity contribution in [2.24, 2.45) is 0 Å². The van der Waals surface area contributed by atoms with Gasteiger partial charge in [-0.1, -0.05) is 30.3 Å². The average Bonchev–Trinajstić information content (AvgIpc) is 2.92. The van der Waals surface area contributed by atoms with Gasteiger partial charge in [0.25, 0.3) is 0 Å². The molecule has 3 rings (SSSR count). The van der Waals surface area contributed by atoms with Crippen molar-refractivity contribution in [3.8, 4) is 0 Å². The maximum atomic E-state index is 12.0. The number of esters is 1. The molecule has 2 aliphatic rings. The first-order chi connectivity index (χ1) is 10.6. The number of hydrogen-bond acceptors (Lipinski definition) is 4. The third-order valence-corrected chi connectivity index (χ3v) is 4.05. The van der Waals surface area contributed by atoms with Crippen molar-refractivity contribution in [3.05, 3.63) is 48.0 Å². The monoisotopic (exact) mass is 301 g/mol. The summed E-state index contributed by atoms with van der Waals surface area (Å²) in [7, 11) is 0. The van der Waals surface area contributed by atoms with Crippen molar-refractivity contribution in [2.45, 2.75) is 38.2 Å². The molecule has 0 aromatic heterocycles. The molecule has 1 aromatic carbocycles. The zero-order chi connectivity index (χ0) is 15.5. The highest BCUT2D eigenvalue weighted by molar-refractivity contribution is 5.89. The van der Waals surface area contributed by atoms with Gasteiger partial charge in [0.05, 0.1) is 12.6 Å². The lowest BCUT2D eigenvalue weighted by Crippen LogP contribution is -2.50. The van der Waals surface area contributed by atoms with Crippen molar-refractivity contribution < 1.29 is 19.1 Å². The molecule has 0 unspecified atom stereocenters. The Hall–Kier alpha value is -2.14. The van der Waals surface area contributed by atoms with E-state index in [4.69, 9.17) is 9.47 Å². The van der Waals surface area contributed by atoms with Crippen LogP contribution >= 0.6 is 0 Å². The number of benzene rings is 1. The molecule has 0 N–H and O–H groups in total. The molecule has 116 valence electrons. The zero-order valence-corrected chi connectivity index (χ0v) is 12.5. The van der Waals surface area contributed by atoms with Gasteiger partial charge in [0.1, 0.15) is 12.2 Å². The quantitative estimate of drug-likeness (QED) is 0.794. The molecule has 22 heavy (non-hydrogen) atoms. The summed E-state index contributed by atoms with van der Waals surface area (Å²) >= 11 is 0. The van der Waals surface area contributed by atoms with E-state index in [0.29, 0.717) is 19.6 Å². The lowest BCUT2D eigenvalue weighted by Gasteiger charge is -2.35. The molecule has 1 saturated heterocycles. The summed E-state index contributed by atoms with van der Waals surface area (Å²) in [4.78, 5) is 25.0. The van der Waals surface area contributed by atoms with Crippen molar-refractivity contribution in [3.63, 3.8) is 0 Å². The Morgan fingerprint density at radius 3 is 2.82 bits per heavy atom. The molecule has 0 aliphatic carbocycles. The second kappa shape index (κ2) is 6.32. The van der Waals surface area contributed by atoms with Gasteiger partial charge in [0.15, 0.2) is 0 Å². The van der Waals surface area contributed by atoms with Crippen molar-refractivity contribution in [1.82, 2.24) is 4.90 Å². The molecule has 5 nitrogen and oxygen atoms in total. The standard InChI is InChI=1S/C17H19NO4/c1-12(19)22-15-9-10-18-16(20)8-7-14(17(15)18)21-11-13-5-3-2-4-6-13/h2-8,14-15,17H,9-11H2,1H3/t14-,15-,17-/m0/s1. The molecule has 2 heterocycles. The van der Waals surface area contributed by atoms with E-state index in [1.165, 1.54) is 6.92 Å². The predicted octanol–water partition coefficient (Wildman–Crippen LogP) is 1.67. The largest absolute Gasteiger partial charge is 0.460 e. The predicted molar refractivity (Wildman–Crippen MR) is 79.8 cm³/mol. The van der Waals surface area contributed by atoms with E-state index in [2.05, 4.69) is 0 Å². The molecule has 1 fully saturated rings. The summed E-state index contributed by atoms with van der Waals surface area (Å²) in [5.74, 6) is -0.366. The van der Waals surface area contributed by atoms with Crippen LogP contribution in [0.25, 0.3) is 0 Å². The molecule has 0 spiro atoms. The topological polar surface area (TPSA) is 55.8 Å². The van der Waals surface area contributed by atoms with Gasteiger partial charge < -0.3 is 14.4 Å². The van der Waals surface area contributed by atoms with Gasteiger partial charge in [-0.2, -0.15) is 0 Å². The molecule has 3 atom stereocenters. The van der Waals surface area contributed by atoms with E-state index >= 15 is 0 Å². The van der Waals surface area contributed by atoms with Gasteiger partial charge in [0, 0.05) is 26.0 Å². The Kier molecular flexibility index (Phi) is 4.24. The third-order valence-electron chi connectivity index (χ3n) is 4.05. The van der Waals surface area contributed by atoms with Gasteiger partial charge in [0.2, 0.25) is 5.91 Å². The first-order valence-electron chi connectivity index (χ1n) is 7.46. The summed E-state index contributed by atoms with van der Waals surface area (Å²) in [5, 5.41) is 0. The summed E-state index contributed by atoms with van der Waals surface area (Å²) in [6, 6.07) is 9.63. The SMILES string of the molecule is CC(=O)O[C@H]1CCN2C(=O)C=C[C@H](OCc3ccccc3)[C@@H]12. The average molecular weight is 301 g/mol. The zero-order valence-electron chi connectivity index (χ0n) is 12.5. The van der Waals surface area contributed by atoms with E-state index in [0.717, 1.165) is 5.56 Å². The highest BCUT2D eigenvalue weighted by Crippen LogP contribution is 2.29. The number of nitrogens with zero attached hydrogens (tertiary/aromatic N) is 1. The van der Waals surface area contributed by atoms with E-state index in [1.54, 1.807) is 17.1 Å². The fourth-order valence-corrected chi connectivity index (χ4v) is 3.08. The molecular formula is C17H19NO4. The molecule has 2 aliphatic heterocycles. The third kappa shape index (κ3) is 3.04. The smallest absolute Gasteiger partial charge is 0.302 e. The molecule has 5 heteroatoms. The van der Waals surface area contributed by atoms with Crippen LogP contribution in [0.5, 0.6) is 0 Å². The van der Waals surface area contributed by atoms with Crippen LogP contribution in [0.2, 0.25) is 0 Å². The number of fused-ring (bicyclic) bond motifs is 1. The first kappa shape index (κ1) is 14.8. The molecule has 1 aromatic rings. The summed E-state index contributed by atoms with van der Waals surface area (Å²) in [6.45, 7) is 2.45. The van der Waals surface area contributed by atoms with Crippen molar-refractivity contribution in [2.75, 3.05) is 6.54 Å². The number of carbonyl (C=O) groups excluding carboxylic acids is 2. The van der Waals surface area contributed by atoms with Crippen LogP contribution in [0.3, 0.4) is 0 Å². The molecule has 0 bridgehead atoms. The van der Waals surface area contributed by atoms with Crippen molar-refractivity contribution >= 4 is 11.9 Å². The van der Waals surface area contributed by atoms with Crippen LogP contribution in [0.4, 0.5) is 0 Å². The minimum absolute atomic E-state index is 0.0424. The highest BCUT2D eigenvalue weighted by atomic mass is 16.5. The fourth-order valence-electron chi connectivity index (χ4n) is 3.08. The highest BCUT2D eigenvalue weighted by Gasteiger charge is 2.45. The molecule has 0 saturated carbocycles. The normalized spacial score (nSPS) is 26.9. The lowest BCUT2D eigenvalue weighted by atomic mass is 10.0. The Labute approximate surface area is 129 Å². The van der Waals surface area contributed by atoms with E-state index in [-0.39, 0.29) is 30.1 Å². The number of rotatable bonds is 4. The lowest BCUT2D eigenvalue weighted by molar-refractivity contribution is -0.152. The Balaban J connectivity index is 1.72. The van der Waals surface area contributed by atoms with E-state index < -0.39 is 0 Å². The summed E-state index contributed by atoms with van der Waals surface area (Å²) in [6.07, 6.45) is 3.41. The van der Waals surface area contributed by atoms with Crippen LogP contribution in [0, 0.1) is 0 Å². The number of amides is 1. The van der Waals surface area contributed by atoms with Crippen LogP contribution in [-0.4, -0.2) is 41.6 Å². The summed E-state index contributed by atoms with van der Waals surface area (Å²) in [5.41, 5.74) is 1.07. The number of hydrogen-bond donors (Lipinski definition) is 0. The second-order valence-electron chi connectivity index (χ2n) is 5.58. The van der Waals surface area contributed by atoms with Gasteiger partial charge in [-0.25, -0.2) is 0 Å². The minimum Gasteiger partial charge on any atom is -0.460 e. The van der Waals surface area contributed by atoms with Crippen LogP contribution in [0.15, 0.2) is 42.5 Å². The van der Waals surface area contributed by atoms with Crippen LogP contribution in [-0.2, 0) is 25.7 Å². The second-order valence-corrected chi connectivity index (χ2v) is 5.58. The minimum atomic E-state index is -0.323.